The summed E-state index contributed by atoms with van der Waals surface area (Å²) in [6.45, 7) is 0.978. The van der Waals surface area contributed by atoms with Gasteiger partial charge in [-0.3, -0.25) is 15.0 Å². The Morgan fingerprint density at radius 3 is 2.57 bits per heavy atom. The Balaban J connectivity index is 1.68. The van der Waals surface area contributed by atoms with Crippen molar-refractivity contribution in [2.75, 3.05) is 18.8 Å². The second-order valence-electron chi connectivity index (χ2n) is 9.49. The summed E-state index contributed by atoms with van der Waals surface area (Å²) in [4.78, 5) is 28.2. The standard InChI is InChI=1S/C26H38N6O4S/c27-15-6-9-22(31-37(35,36)18-20-7-2-1-3-8-20)26(34)32-16-5-4-10-23(32)25(33)30-17-19-11-13-21(14-12-19)24(28)29/h2,7-8,11-14,22-23,31H,1,3-6,9-10,15-18,27H2,(H3,28,29)(H,30,33)/t22-,23+/m1/s1. The molecule has 0 spiro atoms. The van der Waals surface area contributed by atoms with Gasteiger partial charge in [0.1, 0.15) is 17.9 Å². The zero-order chi connectivity index (χ0) is 26.8. The van der Waals surface area contributed by atoms with E-state index in [4.69, 9.17) is 16.9 Å². The van der Waals surface area contributed by atoms with Crippen LogP contribution in [0.2, 0.25) is 0 Å². The Morgan fingerprint density at radius 2 is 1.92 bits per heavy atom. The number of nitrogens with one attached hydrogen (secondary N) is 3. The predicted molar refractivity (Wildman–Crippen MR) is 144 cm³/mol. The molecule has 1 aromatic rings. The van der Waals surface area contributed by atoms with Crippen LogP contribution in [-0.4, -0.2) is 61.9 Å². The number of carbonyl (C=O) groups is 2. The lowest BCUT2D eigenvalue weighted by atomic mass is 9.99. The highest BCUT2D eigenvalue weighted by Crippen LogP contribution is 2.20. The summed E-state index contributed by atoms with van der Waals surface area (Å²) in [5.41, 5.74) is 13.3. The maximum Gasteiger partial charge on any atom is 0.243 e. The first kappa shape index (κ1) is 28.5. The number of nitrogen functional groups attached to an aromatic ring is 1. The number of allylic oxidation sites excluding steroid dienone is 3. The molecule has 0 bridgehead atoms. The molecule has 10 nitrogen and oxygen atoms in total. The Kier molecular flexibility index (Phi) is 10.4. The van der Waals surface area contributed by atoms with Gasteiger partial charge in [0, 0.05) is 18.7 Å². The van der Waals surface area contributed by atoms with Gasteiger partial charge in [-0.2, -0.15) is 0 Å². The molecule has 1 aliphatic heterocycles. The first-order valence-electron chi connectivity index (χ1n) is 12.8. The molecule has 1 saturated heterocycles. The number of benzene rings is 1. The minimum atomic E-state index is -3.77. The third-order valence-corrected chi connectivity index (χ3v) is 7.92. The average molecular weight is 531 g/mol. The largest absolute Gasteiger partial charge is 0.384 e. The monoisotopic (exact) mass is 530 g/mol. The van der Waals surface area contributed by atoms with Crippen molar-refractivity contribution in [2.24, 2.45) is 11.5 Å². The predicted octanol–water partition coefficient (Wildman–Crippen LogP) is 1.27. The van der Waals surface area contributed by atoms with E-state index in [9.17, 15) is 18.0 Å². The number of rotatable bonds is 12. The van der Waals surface area contributed by atoms with E-state index in [2.05, 4.69) is 10.0 Å². The number of likely N-dealkylation sites (tertiary alicyclic amines) is 1. The van der Waals surface area contributed by atoms with Crippen molar-refractivity contribution in [3.63, 3.8) is 0 Å². The fraction of sp³-hybridized carbons (Fsp3) is 0.500. The maximum atomic E-state index is 13.6. The minimum Gasteiger partial charge on any atom is -0.384 e. The zero-order valence-electron chi connectivity index (χ0n) is 21.1. The lowest BCUT2D eigenvalue weighted by Crippen LogP contribution is -2.57. The number of hydrogen-bond donors (Lipinski definition) is 5. The summed E-state index contributed by atoms with van der Waals surface area (Å²) in [5.74, 6) is -0.890. The van der Waals surface area contributed by atoms with Crippen LogP contribution in [0.15, 0.2) is 48.1 Å². The second-order valence-corrected chi connectivity index (χ2v) is 11.2. The van der Waals surface area contributed by atoms with Crippen molar-refractivity contribution in [3.8, 4) is 0 Å². The summed E-state index contributed by atoms with van der Waals surface area (Å²) in [6.07, 6.45) is 10.1. The van der Waals surface area contributed by atoms with E-state index in [1.165, 1.54) is 4.90 Å². The van der Waals surface area contributed by atoms with E-state index in [1.807, 2.05) is 12.2 Å². The molecule has 202 valence electrons. The molecular weight excluding hydrogens is 492 g/mol. The number of amidine groups is 1. The SMILES string of the molecule is N=C(N)c1ccc(CNC(=O)[C@@H]2CCCCN2C(=O)[C@@H](CCCN)NS(=O)(=O)CC2=CCCC=C2)cc1. The van der Waals surface area contributed by atoms with Crippen LogP contribution in [0.1, 0.15) is 56.1 Å². The highest BCUT2D eigenvalue weighted by molar-refractivity contribution is 7.89. The summed E-state index contributed by atoms with van der Waals surface area (Å²) >= 11 is 0. The van der Waals surface area contributed by atoms with E-state index in [-0.39, 0.29) is 30.5 Å². The number of hydrogen-bond acceptors (Lipinski definition) is 6. The lowest BCUT2D eigenvalue weighted by Gasteiger charge is -2.37. The number of amides is 2. The van der Waals surface area contributed by atoms with E-state index in [0.29, 0.717) is 37.1 Å². The van der Waals surface area contributed by atoms with Gasteiger partial charge in [-0.15, -0.1) is 0 Å². The first-order valence-corrected chi connectivity index (χ1v) is 14.4. The van der Waals surface area contributed by atoms with E-state index >= 15 is 0 Å². The van der Waals surface area contributed by atoms with Crippen LogP contribution in [0.5, 0.6) is 0 Å². The summed E-state index contributed by atoms with van der Waals surface area (Å²) in [7, 11) is -3.77. The van der Waals surface area contributed by atoms with Crippen LogP contribution in [0, 0.1) is 5.41 Å². The lowest BCUT2D eigenvalue weighted by molar-refractivity contribution is -0.143. The van der Waals surface area contributed by atoms with Crippen molar-refractivity contribution < 1.29 is 18.0 Å². The minimum absolute atomic E-state index is 0.0290. The van der Waals surface area contributed by atoms with Gasteiger partial charge in [-0.25, -0.2) is 13.1 Å². The second kappa shape index (κ2) is 13.5. The summed E-state index contributed by atoms with van der Waals surface area (Å²) in [5, 5.41) is 10.4. The van der Waals surface area contributed by atoms with Crippen LogP contribution in [-0.2, 0) is 26.2 Å². The van der Waals surface area contributed by atoms with Crippen LogP contribution < -0.4 is 21.5 Å². The molecule has 0 saturated carbocycles. The number of piperidine rings is 1. The van der Waals surface area contributed by atoms with Crippen molar-refractivity contribution >= 4 is 27.7 Å². The molecule has 1 fully saturated rings. The van der Waals surface area contributed by atoms with Crippen LogP contribution in [0.3, 0.4) is 0 Å². The van der Waals surface area contributed by atoms with Crippen LogP contribution in [0.4, 0.5) is 0 Å². The molecule has 2 aliphatic rings. The Morgan fingerprint density at radius 1 is 1.16 bits per heavy atom. The highest BCUT2D eigenvalue weighted by atomic mass is 32.2. The van der Waals surface area contributed by atoms with Crippen LogP contribution in [0.25, 0.3) is 0 Å². The Bertz CT molecular complexity index is 1130. The van der Waals surface area contributed by atoms with Gasteiger partial charge in [0.25, 0.3) is 0 Å². The molecule has 0 aromatic heterocycles. The topological polar surface area (TPSA) is 171 Å². The molecule has 1 aliphatic carbocycles. The van der Waals surface area contributed by atoms with E-state index in [0.717, 1.165) is 31.2 Å². The quantitative estimate of drug-likeness (QED) is 0.201. The average Bonchev–Trinajstić information content (AvgIpc) is 2.89. The third kappa shape index (κ3) is 8.51. The van der Waals surface area contributed by atoms with Crippen LogP contribution >= 0.6 is 0 Å². The van der Waals surface area contributed by atoms with Crippen molar-refractivity contribution in [1.82, 2.24) is 14.9 Å². The molecule has 3 rings (SSSR count). The van der Waals surface area contributed by atoms with Crippen molar-refractivity contribution in [3.05, 3.63) is 59.2 Å². The van der Waals surface area contributed by atoms with E-state index < -0.39 is 28.0 Å². The van der Waals surface area contributed by atoms with Crippen molar-refractivity contribution in [2.45, 2.75) is 63.6 Å². The molecule has 1 aromatic carbocycles. The fourth-order valence-corrected chi connectivity index (χ4v) is 5.97. The van der Waals surface area contributed by atoms with Gasteiger partial charge in [0.15, 0.2) is 0 Å². The van der Waals surface area contributed by atoms with Gasteiger partial charge in [0.05, 0.1) is 5.75 Å². The fourth-order valence-electron chi connectivity index (χ4n) is 4.58. The molecule has 1 heterocycles. The molecular formula is C26H38N6O4S. The molecule has 0 unspecified atom stereocenters. The molecule has 37 heavy (non-hydrogen) atoms. The summed E-state index contributed by atoms with van der Waals surface area (Å²) in [6, 6.07) is 5.35. The normalized spacial score (nSPS) is 18.7. The maximum absolute atomic E-state index is 13.6. The third-order valence-electron chi connectivity index (χ3n) is 6.57. The van der Waals surface area contributed by atoms with E-state index in [1.54, 1.807) is 30.3 Å². The number of nitrogens with two attached hydrogens (primary N) is 2. The first-order chi connectivity index (χ1) is 17.7. The van der Waals surface area contributed by atoms with Crippen molar-refractivity contribution in [1.29, 1.82) is 5.41 Å². The number of sulfonamides is 1. The molecule has 2 amide bonds. The molecule has 7 N–H and O–H groups in total. The number of carbonyl (C=O) groups excluding carboxylic acids is 2. The Hall–Kier alpha value is -3.02. The number of nitrogens with zero attached hydrogens (tertiary/aromatic N) is 1. The highest BCUT2D eigenvalue weighted by Gasteiger charge is 2.36. The van der Waals surface area contributed by atoms with Gasteiger partial charge in [0.2, 0.25) is 21.8 Å². The molecule has 0 radical (unpaired) electrons. The molecule has 11 heteroatoms. The Labute approximate surface area is 219 Å². The molecule has 2 atom stereocenters. The van der Waals surface area contributed by atoms with Gasteiger partial charge < -0.3 is 21.7 Å². The van der Waals surface area contributed by atoms with Gasteiger partial charge in [-0.05, 0) is 62.6 Å². The smallest absolute Gasteiger partial charge is 0.243 e. The van der Waals surface area contributed by atoms with Gasteiger partial charge in [-0.1, -0.05) is 42.5 Å². The van der Waals surface area contributed by atoms with Gasteiger partial charge >= 0.3 is 0 Å². The zero-order valence-corrected chi connectivity index (χ0v) is 21.9. The summed E-state index contributed by atoms with van der Waals surface area (Å²) < 4.78 is 28.4.